The summed E-state index contributed by atoms with van der Waals surface area (Å²) < 4.78 is 6.35. The van der Waals surface area contributed by atoms with E-state index in [2.05, 4.69) is 10.3 Å². The minimum Gasteiger partial charge on any atom is -0.476 e. The molecule has 0 unspecified atom stereocenters. The van der Waals surface area contributed by atoms with Crippen LogP contribution in [0.15, 0.2) is 30.5 Å². The number of methoxy groups -OCH3 is 1. The fourth-order valence-corrected chi connectivity index (χ4v) is 1.55. The number of para-hydroxylation sites is 1. The van der Waals surface area contributed by atoms with Gasteiger partial charge in [0.15, 0.2) is 5.69 Å². The predicted octanol–water partition coefficient (Wildman–Crippen LogP) is 1.11. The second-order valence-corrected chi connectivity index (χ2v) is 3.40. The molecule has 0 saturated heterocycles. The summed E-state index contributed by atoms with van der Waals surface area (Å²) in [6.45, 7) is 0.384. The molecule has 6 heteroatoms. The van der Waals surface area contributed by atoms with Crippen LogP contribution in [0.2, 0.25) is 0 Å². The SMILES string of the molecule is COCc1ccccc1-n1nncc1C(=O)O. The zero-order chi connectivity index (χ0) is 12.3. The molecule has 17 heavy (non-hydrogen) atoms. The van der Waals surface area contributed by atoms with Gasteiger partial charge in [-0.1, -0.05) is 23.4 Å². The Morgan fingerprint density at radius 2 is 2.24 bits per heavy atom. The van der Waals surface area contributed by atoms with Crippen molar-refractivity contribution in [1.82, 2.24) is 15.0 Å². The first-order valence-corrected chi connectivity index (χ1v) is 4.95. The van der Waals surface area contributed by atoms with Crippen molar-refractivity contribution in [3.05, 3.63) is 41.7 Å². The molecule has 0 fully saturated rings. The Hall–Kier alpha value is -2.21. The predicted molar refractivity (Wildman–Crippen MR) is 59.0 cm³/mol. The van der Waals surface area contributed by atoms with Gasteiger partial charge in [-0.3, -0.25) is 0 Å². The van der Waals surface area contributed by atoms with E-state index >= 15 is 0 Å². The van der Waals surface area contributed by atoms with Crippen LogP contribution in [0.25, 0.3) is 5.69 Å². The van der Waals surface area contributed by atoms with Crippen molar-refractivity contribution >= 4 is 5.97 Å². The van der Waals surface area contributed by atoms with Crippen LogP contribution in [0.5, 0.6) is 0 Å². The van der Waals surface area contributed by atoms with Gasteiger partial charge in [0.25, 0.3) is 0 Å². The highest BCUT2D eigenvalue weighted by Crippen LogP contribution is 2.16. The van der Waals surface area contributed by atoms with Crippen molar-refractivity contribution in [2.75, 3.05) is 7.11 Å². The van der Waals surface area contributed by atoms with Gasteiger partial charge in [0.2, 0.25) is 0 Å². The number of hydrogen-bond acceptors (Lipinski definition) is 4. The molecule has 1 N–H and O–H groups in total. The number of rotatable bonds is 4. The summed E-state index contributed by atoms with van der Waals surface area (Å²) in [7, 11) is 1.58. The maximum absolute atomic E-state index is 11.0. The van der Waals surface area contributed by atoms with Crippen LogP contribution in [0.1, 0.15) is 16.1 Å². The number of aromatic nitrogens is 3. The lowest BCUT2D eigenvalue weighted by Crippen LogP contribution is -2.10. The van der Waals surface area contributed by atoms with Gasteiger partial charge >= 0.3 is 5.97 Å². The molecule has 1 aromatic heterocycles. The van der Waals surface area contributed by atoms with Gasteiger partial charge in [0.1, 0.15) is 0 Å². The van der Waals surface area contributed by atoms with E-state index in [4.69, 9.17) is 9.84 Å². The van der Waals surface area contributed by atoms with Crippen LogP contribution in [-0.4, -0.2) is 33.2 Å². The molecule has 0 aliphatic carbocycles. The van der Waals surface area contributed by atoms with E-state index in [0.717, 1.165) is 5.56 Å². The molecule has 0 atom stereocenters. The quantitative estimate of drug-likeness (QED) is 0.855. The first-order valence-electron chi connectivity index (χ1n) is 4.95. The highest BCUT2D eigenvalue weighted by molar-refractivity contribution is 5.85. The Morgan fingerprint density at radius 3 is 2.94 bits per heavy atom. The van der Waals surface area contributed by atoms with Gasteiger partial charge in [0, 0.05) is 12.7 Å². The van der Waals surface area contributed by atoms with Crippen molar-refractivity contribution in [1.29, 1.82) is 0 Å². The summed E-state index contributed by atoms with van der Waals surface area (Å²) in [6.07, 6.45) is 1.21. The van der Waals surface area contributed by atoms with Crippen LogP contribution in [-0.2, 0) is 11.3 Å². The molecular weight excluding hydrogens is 222 g/mol. The van der Waals surface area contributed by atoms with Crippen molar-refractivity contribution in [2.45, 2.75) is 6.61 Å². The van der Waals surface area contributed by atoms with E-state index in [0.29, 0.717) is 12.3 Å². The Kier molecular flexibility index (Phi) is 3.15. The van der Waals surface area contributed by atoms with Crippen LogP contribution < -0.4 is 0 Å². The molecule has 0 amide bonds. The second-order valence-electron chi connectivity index (χ2n) is 3.40. The number of aromatic carboxylic acids is 1. The van der Waals surface area contributed by atoms with E-state index < -0.39 is 5.97 Å². The van der Waals surface area contributed by atoms with Crippen molar-refractivity contribution in [3.63, 3.8) is 0 Å². The molecule has 88 valence electrons. The third kappa shape index (κ3) is 2.16. The van der Waals surface area contributed by atoms with E-state index in [-0.39, 0.29) is 5.69 Å². The molecule has 0 aliphatic heterocycles. The lowest BCUT2D eigenvalue weighted by molar-refractivity contribution is 0.0687. The molecule has 1 aromatic carbocycles. The summed E-state index contributed by atoms with van der Waals surface area (Å²) in [4.78, 5) is 11.0. The zero-order valence-corrected chi connectivity index (χ0v) is 9.20. The maximum Gasteiger partial charge on any atom is 0.356 e. The smallest absolute Gasteiger partial charge is 0.356 e. The molecule has 1 heterocycles. The molecule has 0 spiro atoms. The van der Waals surface area contributed by atoms with Crippen LogP contribution in [0, 0.1) is 0 Å². The van der Waals surface area contributed by atoms with E-state index in [9.17, 15) is 4.79 Å². The fraction of sp³-hybridized carbons (Fsp3) is 0.182. The third-order valence-electron chi connectivity index (χ3n) is 2.29. The van der Waals surface area contributed by atoms with Crippen LogP contribution >= 0.6 is 0 Å². The lowest BCUT2D eigenvalue weighted by Gasteiger charge is -2.09. The van der Waals surface area contributed by atoms with Gasteiger partial charge in [-0.15, -0.1) is 5.10 Å². The largest absolute Gasteiger partial charge is 0.476 e. The minimum absolute atomic E-state index is 0.0218. The van der Waals surface area contributed by atoms with E-state index in [1.807, 2.05) is 18.2 Å². The summed E-state index contributed by atoms with van der Waals surface area (Å²) in [6, 6.07) is 7.29. The molecule has 6 nitrogen and oxygen atoms in total. The van der Waals surface area contributed by atoms with Gasteiger partial charge in [0.05, 0.1) is 18.5 Å². The topological polar surface area (TPSA) is 77.2 Å². The number of benzene rings is 1. The summed E-state index contributed by atoms with van der Waals surface area (Å²) >= 11 is 0. The van der Waals surface area contributed by atoms with E-state index in [1.165, 1.54) is 10.9 Å². The van der Waals surface area contributed by atoms with Crippen molar-refractivity contribution in [2.24, 2.45) is 0 Å². The molecule has 0 aliphatic rings. The van der Waals surface area contributed by atoms with E-state index in [1.54, 1.807) is 13.2 Å². The fourth-order valence-electron chi connectivity index (χ4n) is 1.55. The average molecular weight is 233 g/mol. The first kappa shape index (κ1) is 11.3. The normalized spacial score (nSPS) is 10.4. The Labute approximate surface area is 97.4 Å². The molecule has 0 radical (unpaired) electrons. The van der Waals surface area contributed by atoms with Crippen molar-refractivity contribution < 1.29 is 14.6 Å². The van der Waals surface area contributed by atoms with Gasteiger partial charge in [-0.25, -0.2) is 9.48 Å². The number of carboxylic acid groups (broad SMARTS) is 1. The molecule has 2 rings (SSSR count). The summed E-state index contributed by atoms with van der Waals surface area (Å²) in [5.41, 5.74) is 1.53. The Morgan fingerprint density at radius 1 is 1.47 bits per heavy atom. The highest BCUT2D eigenvalue weighted by Gasteiger charge is 2.15. The Bertz CT molecular complexity index is 536. The number of ether oxygens (including phenoxy) is 1. The zero-order valence-electron chi connectivity index (χ0n) is 9.20. The van der Waals surface area contributed by atoms with Crippen LogP contribution in [0.3, 0.4) is 0 Å². The van der Waals surface area contributed by atoms with Gasteiger partial charge in [-0.2, -0.15) is 0 Å². The summed E-state index contributed by atoms with van der Waals surface area (Å²) in [5.74, 6) is -1.07. The molecular formula is C11H11N3O3. The monoisotopic (exact) mass is 233 g/mol. The average Bonchev–Trinajstić information content (AvgIpc) is 2.79. The number of nitrogens with zero attached hydrogens (tertiary/aromatic N) is 3. The molecule has 0 saturated carbocycles. The number of carbonyl (C=O) groups is 1. The molecule has 0 bridgehead atoms. The third-order valence-corrected chi connectivity index (χ3v) is 2.29. The molecule has 2 aromatic rings. The van der Waals surface area contributed by atoms with Gasteiger partial charge in [-0.05, 0) is 6.07 Å². The maximum atomic E-state index is 11.0. The number of carboxylic acids is 1. The lowest BCUT2D eigenvalue weighted by atomic mass is 10.2. The number of hydrogen-bond donors (Lipinski definition) is 1. The summed E-state index contributed by atoms with van der Waals surface area (Å²) in [5, 5.41) is 16.4. The van der Waals surface area contributed by atoms with Crippen LogP contribution in [0.4, 0.5) is 0 Å². The standard InChI is InChI=1S/C11H11N3O3/c1-17-7-8-4-2-3-5-9(8)14-10(11(15)16)6-12-13-14/h2-6H,7H2,1H3,(H,15,16). The Balaban J connectivity index is 2.52. The highest BCUT2D eigenvalue weighted by atomic mass is 16.5. The second kappa shape index (κ2) is 4.75. The van der Waals surface area contributed by atoms with Gasteiger partial charge < -0.3 is 9.84 Å². The van der Waals surface area contributed by atoms with Crippen molar-refractivity contribution in [3.8, 4) is 5.69 Å². The first-order chi connectivity index (χ1) is 8.24. The minimum atomic E-state index is -1.07.